The van der Waals surface area contributed by atoms with E-state index in [9.17, 15) is 13.6 Å². The topological polar surface area (TPSA) is 63.9 Å². The molecule has 3 heterocycles. The monoisotopic (exact) mass is 413 g/mol. The Morgan fingerprint density at radius 2 is 2.10 bits per heavy atom. The van der Waals surface area contributed by atoms with E-state index in [0.29, 0.717) is 4.70 Å². The molecule has 0 aliphatic rings. The molecule has 0 aliphatic heterocycles. The molecule has 0 saturated heterocycles. The summed E-state index contributed by atoms with van der Waals surface area (Å²) < 4.78 is 29.7. The molecular weight excluding hydrogens is 396 g/mol. The molecule has 0 radical (unpaired) electrons. The standard InChI is InChI=1S/C20H17F2N5OS/c1-12(2)27-7-5-16(25-27)19(28)26(11-13-4-3-6-23-10-13)20-24-18-15(22)8-14(21)9-17(18)29-20/h3-10,12H,11H2,1-2H3. The fourth-order valence-corrected chi connectivity index (χ4v) is 3.84. The van der Waals surface area contributed by atoms with Gasteiger partial charge in [-0.1, -0.05) is 17.4 Å². The fourth-order valence-electron chi connectivity index (χ4n) is 2.84. The average Bonchev–Trinajstić information content (AvgIpc) is 3.34. The van der Waals surface area contributed by atoms with Crippen LogP contribution in [0.3, 0.4) is 0 Å². The number of thiazole rings is 1. The average molecular weight is 413 g/mol. The zero-order valence-electron chi connectivity index (χ0n) is 15.7. The number of nitrogens with zero attached hydrogens (tertiary/aromatic N) is 5. The lowest BCUT2D eigenvalue weighted by Gasteiger charge is -2.18. The number of amides is 1. The maximum absolute atomic E-state index is 14.1. The van der Waals surface area contributed by atoms with Crippen molar-refractivity contribution < 1.29 is 13.6 Å². The molecule has 6 nitrogen and oxygen atoms in total. The Balaban J connectivity index is 1.77. The molecule has 4 rings (SSSR count). The first kappa shape index (κ1) is 19.1. The van der Waals surface area contributed by atoms with E-state index >= 15 is 0 Å². The van der Waals surface area contributed by atoms with Crippen LogP contribution in [0, 0.1) is 11.6 Å². The third-order valence-corrected chi connectivity index (χ3v) is 5.32. The number of pyridine rings is 1. The highest BCUT2D eigenvalue weighted by Gasteiger charge is 2.25. The Bertz CT molecular complexity index is 1170. The molecule has 148 valence electrons. The molecule has 29 heavy (non-hydrogen) atoms. The highest BCUT2D eigenvalue weighted by atomic mass is 32.1. The van der Waals surface area contributed by atoms with Crippen LogP contribution in [-0.4, -0.2) is 25.7 Å². The van der Waals surface area contributed by atoms with Crippen molar-refractivity contribution in [2.24, 2.45) is 0 Å². The molecule has 0 N–H and O–H groups in total. The number of halogens is 2. The lowest BCUT2D eigenvalue weighted by atomic mass is 10.2. The first-order chi connectivity index (χ1) is 13.9. The molecule has 0 fully saturated rings. The number of rotatable bonds is 5. The molecule has 0 bridgehead atoms. The zero-order chi connectivity index (χ0) is 20.5. The largest absolute Gasteiger partial charge is 0.280 e. The van der Waals surface area contributed by atoms with Gasteiger partial charge in [-0.2, -0.15) is 5.10 Å². The van der Waals surface area contributed by atoms with E-state index < -0.39 is 11.6 Å². The van der Waals surface area contributed by atoms with Crippen molar-refractivity contribution in [2.75, 3.05) is 4.90 Å². The van der Waals surface area contributed by atoms with Crippen molar-refractivity contribution in [3.05, 3.63) is 71.8 Å². The third kappa shape index (κ3) is 3.86. The van der Waals surface area contributed by atoms with Gasteiger partial charge in [-0.25, -0.2) is 13.8 Å². The molecule has 3 aromatic heterocycles. The first-order valence-corrected chi connectivity index (χ1v) is 9.75. The van der Waals surface area contributed by atoms with Crippen LogP contribution < -0.4 is 4.90 Å². The Hall–Kier alpha value is -3.20. The van der Waals surface area contributed by atoms with Gasteiger partial charge >= 0.3 is 0 Å². The number of fused-ring (bicyclic) bond motifs is 1. The SMILES string of the molecule is CC(C)n1ccc(C(=O)N(Cc2cccnc2)c2nc3c(F)cc(F)cc3s2)n1. The lowest BCUT2D eigenvalue weighted by molar-refractivity contribution is 0.0979. The van der Waals surface area contributed by atoms with Crippen molar-refractivity contribution >= 4 is 32.6 Å². The number of hydrogen-bond acceptors (Lipinski definition) is 5. The molecule has 4 aromatic rings. The second-order valence-corrected chi connectivity index (χ2v) is 7.77. The van der Waals surface area contributed by atoms with Gasteiger partial charge in [0.15, 0.2) is 16.6 Å². The molecule has 0 saturated carbocycles. The minimum absolute atomic E-state index is 0.0306. The summed E-state index contributed by atoms with van der Waals surface area (Å²) in [5, 5.41) is 4.60. The quantitative estimate of drug-likeness (QED) is 0.480. The fraction of sp³-hybridized carbons (Fsp3) is 0.200. The Kier molecular flexibility index (Phi) is 5.06. The molecule has 1 amide bonds. The van der Waals surface area contributed by atoms with Crippen LogP contribution in [0.4, 0.5) is 13.9 Å². The van der Waals surface area contributed by atoms with Crippen LogP contribution in [0.25, 0.3) is 10.2 Å². The highest BCUT2D eigenvalue weighted by molar-refractivity contribution is 7.22. The summed E-state index contributed by atoms with van der Waals surface area (Å²) in [5.74, 6) is -1.83. The van der Waals surface area contributed by atoms with Crippen molar-refractivity contribution in [3.8, 4) is 0 Å². The van der Waals surface area contributed by atoms with E-state index in [2.05, 4.69) is 15.1 Å². The predicted molar refractivity (Wildman–Crippen MR) is 107 cm³/mol. The summed E-state index contributed by atoms with van der Waals surface area (Å²) in [6, 6.07) is 7.31. The van der Waals surface area contributed by atoms with Crippen molar-refractivity contribution in [2.45, 2.75) is 26.4 Å². The van der Waals surface area contributed by atoms with Gasteiger partial charge in [-0.15, -0.1) is 0 Å². The van der Waals surface area contributed by atoms with E-state index in [-0.39, 0.29) is 34.8 Å². The van der Waals surface area contributed by atoms with E-state index in [1.54, 1.807) is 35.4 Å². The molecule has 9 heteroatoms. The van der Waals surface area contributed by atoms with Crippen LogP contribution in [0.15, 0.2) is 48.9 Å². The Labute approximate surface area is 169 Å². The second-order valence-electron chi connectivity index (χ2n) is 6.76. The summed E-state index contributed by atoms with van der Waals surface area (Å²) in [6.07, 6.45) is 5.00. The maximum atomic E-state index is 14.1. The van der Waals surface area contributed by atoms with Crippen LogP contribution in [0.1, 0.15) is 35.9 Å². The Morgan fingerprint density at radius 3 is 2.79 bits per heavy atom. The molecule has 0 atom stereocenters. The van der Waals surface area contributed by atoms with Gasteiger partial charge in [0.2, 0.25) is 0 Å². The van der Waals surface area contributed by atoms with Crippen LogP contribution in [0.5, 0.6) is 0 Å². The van der Waals surface area contributed by atoms with E-state index in [4.69, 9.17) is 0 Å². The Morgan fingerprint density at radius 1 is 1.28 bits per heavy atom. The van der Waals surface area contributed by atoms with Crippen LogP contribution in [-0.2, 0) is 6.54 Å². The summed E-state index contributed by atoms with van der Waals surface area (Å²) >= 11 is 1.05. The molecule has 0 aliphatic carbocycles. The van der Waals surface area contributed by atoms with Gasteiger partial charge in [-0.3, -0.25) is 19.4 Å². The molecule has 0 spiro atoms. The number of aromatic nitrogens is 4. The van der Waals surface area contributed by atoms with Crippen molar-refractivity contribution in [1.29, 1.82) is 0 Å². The van der Waals surface area contributed by atoms with Crippen LogP contribution in [0.2, 0.25) is 0 Å². The zero-order valence-corrected chi connectivity index (χ0v) is 16.5. The third-order valence-electron chi connectivity index (χ3n) is 4.30. The summed E-state index contributed by atoms with van der Waals surface area (Å²) in [4.78, 5) is 23.0. The van der Waals surface area contributed by atoms with Gasteiger partial charge in [0, 0.05) is 30.7 Å². The van der Waals surface area contributed by atoms with Gasteiger partial charge in [0.1, 0.15) is 11.3 Å². The molecule has 0 unspecified atom stereocenters. The number of carbonyl (C=O) groups excluding carboxylic acids is 1. The predicted octanol–water partition coefficient (Wildman–Crippen LogP) is 4.59. The first-order valence-electron chi connectivity index (χ1n) is 8.94. The van der Waals surface area contributed by atoms with Gasteiger partial charge in [0.25, 0.3) is 5.91 Å². The number of benzene rings is 1. The minimum atomic E-state index is -0.764. The van der Waals surface area contributed by atoms with Crippen molar-refractivity contribution in [1.82, 2.24) is 19.7 Å². The second kappa shape index (κ2) is 7.67. The summed E-state index contributed by atoms with van der Waals surface area (Å²) in [5.41, 5.74) is 1.05. The number of anilines is 1. The maximum Gasteiger partial charge on any atom is 0.280 e. The summed E-state index contributed by atoms with van der Waals surface area (Å²) in [7, 11) is 0. The normalized spacial score (nSPS) is 11.3. The van der Waals surface area contributed by atoms with Gasteiger partial charge < -0.3 is 0 Å². The number of carbonyl (C=O) groups is 1. The van der Waals surface area contributed by atoms with Crippen LogP contribution >= 0.6 is 11.3 Å². The summed E-state index contributed by atoms with van der Waals surface area (Å²) in [6.45, 7) is 4.09. The molecular formula is C20H17F2N5OS. The van der Waals surface area contributed by atoms with Gasteiger partial charge in [0.05, 0.1) is 11.2 Å². The van der Waals surface area contributed by atoms with E-state index in [1.807, 2.05) is 19.9 Å². The van der Waals surface area contributed by atoms with Gasteiger partial charge in [-0.05, 0) is 37.6 Å². The smallest absolute Gasteiger partial charge is 0.278 e. The number of hydrogen-bond donors (Lipinski definition) is 0. The van der Waals surface area contributed by atoms with E-state index in [1.165, 1.54) is 11.0 Å². The van der Waals surface area contributed by atoms with E-state index in [0.717, 1.165) is 23.0 Å². The van der Waals surface area contributed by atoms with Crippen molar-refractivity contribution in [3.63, 3.8) is 0 Å². The minimum Gasteiger partial charge on any atom is -0.278 e. The lowest BCUT2D eigenvalue weighted by Crippen LogP contribution is -2.31. The molecule has 1 aromatic carbocycles. The highest BCUT2D eigenvalue weighted by Crippen LogP contribution is 2.32.